The molecule has 0 aliphatic rings. The summed E-state index contributed by atoms with van der Waals surface area (Å²) < 4.78 is 2.00. The molecule has 0 spiro atoms. The lowest BCUT2D eigenvalue weighted by Crippen LogP contribution is -2.24. The molecular formula is C27H40N6. The van der Waals surface area contributed by atoms with E-state index in [1.807, 2.05) is 11.6 Å². The molecule has 0 bridgehead atoms. The van der Waals surface area contributed by atoms with Crippen LogP contribution in [0.3, 0.4) is 0 Å². The molecule has 6 heteroatoms. The predicted octanol–water partition coefficient (Wildman–Crippen LogP) is 6.07. The Kier molecular flexibility index (Phi) is 8.01. The van der Waals surface area contributed by atoms with Crippen molar-refractivity contribution in [1.29, 1.82) is 0 Å². The van der Waals surface area contributed by atoms with Crippen molar-refractivity contribution in [3.63, 3.8) is 0 Å². The maximum Gasteiger partial charge on any atom is 0.157 e. The number of benzene rings is 1. The normalized spacial score (nSPS) is 12.1. The lowest BCUT2D eigenvalue weighted by atomic mass is 10.0. The third-order valence-corrected chi connectivity index (χ3v) is 6.42. The molecule has 0 saturated heterocycles. The zero-order valence-corrected chi connectivity index (χ0v) is 21.4. The molecular weight excluding hydrogens is 408 g/mol. The van der Waals surface area contributed by atoms with E-state index in [0.29, 0.717) is 0 Å². The second-order valence-corrected chi connectivity index (χ2v) is 9.00. The number of anilines is 2. The molecule has 1 atom stereocenters. The predicted molar refractivity (Wildman–Crippen MR) is 141 cm³/mol. The monoisotopic (exact) mass is 448 g/mol. The summed E-state index contributed by atoms with van der Waals surface area (Å²) in [5, 5.41) is 8.35. The largest absolute Gasteiger partial charge is 0.388 e. The highest BCUT2D eigenvalue weighted by Gasteiger charge is 2.23. The average Bonchev–Trinajstić information content (AvgIpc) is 3.21. The van der Waals surface area contributed by atoms with Gasteiger partial charge in [-0.1, -0.05) is 44.9 Å². The lowest BCUT2D eigenvalue weighted by molar-refractivity contribution is 0.339. The quantitative estimate of drug-likeness (QED) is 0.361. The molecule has 178 valence electrons. The zero-order chi connectivity index (χ0) is 24.1. The second-order valence-electron chi connectivity index (χ2n) is 9.00. The number of fused-ring (bicyclic) bond motifs is 1. The van der Waals surface area contributed by atoms with Crippen molar-refractivity contribution in [3.8, 4) is 0 Å². The smallest absolute Gasteiger partial charge is 0.157 e. The molecule has 0 saturated carbocycles. The van der Waals surface area contributed by atoms with E-state index >= 15 is 0 Å². The molecule has 0 aliphatic carbocycles. The van der Waals surface area contributed by atoms with Gasteiger partial charge in [-0.25, -0.2) is 4.98 Å². The minimum absolute atomic E-state index is 0.1000. The molecule has 2 aromatic heterocycles. The average molecular weight is 449 g/mol. The SMILES string of the molecule is C=C(c1cc(C)ccc1NC)N(C)C(CC)c1cc2nc(C)cc(N(C)CCCCC)n2n1. The summed E-state index contributed by atoms with van der Waals surface area (Å²) in [6.07, 6.45) is 4.55. The number of rotatable bonds is 11. The van der Waals surface area contributed by atoms with Gasteiger partial charge in [-0.2, -0.15) is 9.61 Å². The van der Waals surface area contributed by atoms with Gasteiger partial charge in [-0.05, 0) is 38.8 Å². The van der Waals surface area contributed by atoms with E-state index in [-0.39, 0.29) is 6.04 Å². The van der Waals surface area contributed by atoms with E-state index in [9.17, 15) is 0 Å². The van der Waals surface area contributed by atoms with Crippen LogP contribution in [0.4, 0.5) is 11.5 Å². The van der Waals surface area contributed by atoms with Crippen molar-refractivity contribution in [2.24, 2.45) is 0 Å². The van der Waals surface area contributed by atoms with Crippen LogP contribution < -0.4 is 10.2 Å². The number of unbranched alkanes of at least 4 members (excludes halogenated alkanes) is 2. The Labute approximate surface area is 199 Å². The Morgan fingerprint density at radius 3 is 2.55 bits per heavy atom. The van der Waals surface area contributed by atoms with Crippen molar-refractivity contribution in [1.82, 2.24) is 19.5 Å². The molecule has 1 unspecified atom stereocenters. The van der Waals surface area contributed by atoms with Gasteiger partial charge >= 0.3 is 0 Å². The van der Waals surface area contributed by atoms with Crippen molar-refractivity contribution < 1.29 is 0 Å². The first-order valence-electron chi connectivity index (χ1n) is 12.1. The summed E-state index contributed by atoms with van der Waals surface area (Å²) >= 11 is 0. The number of hydrogen-bond donors (Lipinski definition) is 1. The number of hydrogen-bond acceptors (Lipinski definition) is 5. The maximum absolute atomic E-state index is 5.05. The van der Waals surface area contributed by atoms with Crippen LogP contribution in [0.5, 0.6) is 0 Å². The molecule has 0 radical (unpaired) electrons. The number of nitrogens with zero attached hydrogens (tertiary/aromatic N) is 5. The molecule has 0 aliphatic heterocycles. The van der Waals surface area contributed by atoms with Crippen LogP contribution >= 0.6 is 0 Å². The van der Waals surface area contributed by atoms with Crippen LogP contribution in [-0.2, 0) is 0 Å². The highest BCUT2D eigenvalue weighted by molar-refractivity contribution is 5.74. The van der Waals surface area contributed by atoms with Crippen LogP contribution in [0.1, 0.15) is 68.1 Å². The minimum Gasteiger partial charge on any atom is -0.388 e. The van der Waals surface area contributed by atoms with Crippen molar-refractivity contribution in [3.05, 3.63) is 59.4 Å². The number of aromatic nitrogens is 3. The van der Waals surface area contributed by atoms with Gasteiger partial charge in [0.05, 0.1) is 11.7 Å². The molecule has 6 nitrogen and oxygen atoms in total. The van der Waals surface area contributed by atoms with E-state index in [1.54, 1.807) is 0 Å². The van der Waals surface area contributed by atoms with Gasteiger partial charge in [0.25, 0.3) is 0 Å². The summed E-state index contributed by atoms with van der Waals surface area (Å²) in [5.41, 5.74) is 7.31. The first kappa shape index (κ1) is 24.6. The fourth-order valence-corrected chi connectivity index (χ4v) is 4.42. The second kappa shape index (κ2) is 10.7. The van der Waals surface area contributed by atoms with Crippen LogP contribution in [0.2, 0.25) is 0 Å². The highest BCUT2D eigenvalue weighted by atomic mass is 15.4. The van der Waals surface area contributed by atoms with Crippen molar-refractivity contribution in [2.75, 3.05) is 37.9 Å². The fourth-order valence-electron chi connectivity index (χ4n) is 4.42. The summed E-state index contributed by atoms with van der Waals surface area (Å²) in [4.78, 5) is 9.32. The highest BCUT2D eigenvalue weighted by Crippen LogP contribution is 2.33. The first-order valence-corrected chi connectivity index (χ1v) is 12.1. The molecule has 2 heterocycles. The van der Waals surface area contributed by atoms with Gasteiger partial charge < -0.3 is 15.1 Å². The molecule has 0 amide bonds. The molecule has 1 aromatic carbocycles. The van der Waals surface area contributed by atoms with E-state index in [4.69, 9.17) is 10.1 Å². The van der Waals surface area contributed by atoms with E-state index in [1.165, 1.54) is 24.8 Å². The van der Waals surface area contributed by atoms with Gasteiger partial charge in [-0.3, -0.25) is 0 Å². The number of aryl methyl sites for hydroxylation is 2. The molecule has 33 heavy (non-hydrogen) atoms. The van der Waals surface area contributed by atoms with Crippen molar-refractivity contribution in [2.45, 2.75) is 59.4 Å². The molecule has 3 aromatic rings. The Bertz CT molecular complexity index is 1100. The zero-order valence-electron chi connectivity index (χ0n) is 21.4. The van der Waals surface area contributed by atoms with Crippen molar-refractivity contribution >= 4 is 22.8 Å². The molecule has 1 N–H and O–H groups in total. The van der Waals surface area contributed by atoms with E-state index in [2.05, 4.69) is 93.8 Å². The third-order valence-electron chi connectivity index (χ3n) is 6.42. The molecule has 3 rings (SSSR count). The summed E-state index contributed by atoms with van der Waals surface area (Å²) in [7, 11) is 6.21. The topological polar surface area (TPSA) is 48.7 Å². The summed E-state index contributed by atoms with van der Waals surface area (Å²) in [6.45, 7) is 14.1. The van der Waals surface area contributed by atoms with Gasteiger partial charge in [0.1, 0.15) is 5.82 Å². The summed E-state index contributed by atoms with van der Waals surface area (Å²) in [6, 6.07) is 10.8. The Balaban J connectivity index is 1.96. The standard InChI is InChI=1S/C27H40N6/c1-9-11-12-15-31(7)27-17-20(4)29-26-18-24(30-33(26)27)25(10-2)32(8)21(5)22-16-19(3)13-14-23(22)28-6/h13-14,16-18,25,28H,5,9-12,15H2,1-4,6-8H3. The fraction of sp³-hybridized carbons (Fsp3) is 0.481. The maximum atomic E-state index is 5.05. The molecule has 0 fully saturated rings. The number of nitrogens with one attached hydrogen (secondary N) is 1. The minimum atomic E-state index is 0.1000. The van der Waals surface area contributed by atoms with Crippen LogP contribution in [0, 0.1) is 13.8 Å². The van der Waals surface area contributed by atoms with Crippen LogP contribution in [-0.4, -0.2) is 47.2 Å². The van der Waals surface area contributed by atoms with E-state index < -0.39 is 0 Å². The van der Waals surface area contributed by atoms with Crippen LogP contribution in [0.15, 0.2) is 36.9 Å². The Hall–Kier alpha value is -3.02. The van der Waals surface area contributed by atoms with Gasteiger partial charge in [-0.15, -0.1) is 0 Å². The Morgan fingerprint density at radius 2 is 1.88 bits per heavy atom. The van der Waals surface area contributed by atoms with Gasteiger partial charge in [0.15, 0.2) is 5.65 Å². The van der Waals surface area contributed by atoms with Crippen LogP contribution in [0.25, 0.3) is 11.3 Å². The van der Waals surface area contributed by atoms with Gasteiger partial charge in [0, 0.05) is 62.5 Å². The van der Waals surface area contributed by atoms with E-state index in [0.717, 1.165) is 52.8 Å². The lowest BCUT2D eigenvalue weighted by Gasteiger charge is -2.31. The van der Waals surface area contributed by atoms with Gasteiger partial charge in [0.2, 0.25) is 0 Å². The first-order chi connectivity index (χ1) is 15.8. The summed E-state index contributed by atoms with van der Waals surface area (Å²) in [5.74, 6) is 1.09. The third kappa shape index (κ3) is 5.32. The Morgan fingerprint density at radius 1 is 1.12 bits per heavy atom.